The van der Waals surface area contributed by atoms with Crippen LogP contribution >= 0.6 is 0 Å². The molecular weight excluding hydrogens is 218 g/mol. The van der Waals surface area contributed by atoms with E-state index >= 15 is 0 Å². The first-order chi connectivity index (χ1) is 8.26. The van der Waals surface area contributed by atoms with Crippen molar-refractivity contribution in [1.82, 2.24) is 4.98 Å². The Hall–Kier alpha value is -1.80. The van der Waals surface area contributed by atoms with Gasteiger partial charge < -0.3 is 14.6 Å². The van der Waals surface area contributed by atoms with Gasteiger partial charge in [0, 0.05) is 25.9 Å². The zero-order valence-corrected chi connectivity index (χ0v) is 9.82. The van der Waals surface area contributed by atoms with Crippen LogP contribution in [0.25, 0.3) is 0 Å². The molecule has 0 atom stereocenters. The van der Waals surface area contributed by atoms with Gasteiger partial charge in [-0.2, -0.15) is 5.26 Å². The molecule has 1 aliphatic rings. The molecule has 1 aromatic heterocycles. The Morgan fingerprint density at radius 1 is 1.53 bits per heavy atom. The number of aromatic amines is 1. The molecule has 1 fully saturated rings. The number of nitrogens with one attached hydrogen (secondary N) is 1. The van der Waals surface area contributed by atoms with E-state index in [1.807, 2.05) is 12.1 Å². The third-order valence-corrected chi connectivity index (χ3v) is 2.93. The van der Waals surface area contributed by atoms with Gasteiger partial charge >= 0.3 is 0 Å². The summed E-state index contributed by atoms with van der Waals surface area (Å²) in [5.74, 6) is 0. The van der Waals surface area contributed by atoms with E-state index in [2.05, 4.69) is 9.88 Å². The molecule has 1 N–H and O–H groups in total. The summed E-state index contributed by atoms with van der Waals surface area (Å²) in [7, 11) is 1.58. The lowest BCUT2D eigenvalue weighted by molar-refractivity contribution is 0.181. The van der Waals surface area contributed by atoms with Crippen molar-refractivity contribution in [2.45, 2.75) is 19.4 Å². The van der Waals surface area contributed by atoms with E-state index in [0.717, 1.165) is 31.6 Å². The number of aromatic nitrogens is 1. The van der Waals surface area contributed by atoms with Gasteiger partial charge in [0.05, 0.1) is 12.3 Å². The molecule has 0 amide bonds. The molecule has 1 aromatic rings. The summed E-state index contributed by atoms with van der Waals surface area (Å²) in [6, 6.07) is 3.83. The van der Waals surface area contributed by atoms with E-state index in [1.165, 1.54) is 0 Å². The second kappa shape index (κ2) is 5.02. The number of ether oxygens (including phenoxy) is 1. The maximum absolute atomic E-state index is 11.8. The Bertz CT molecular complexity index is 495. The average molecular weight is 233 g/mol. The highest BCUT2D eigenvalue weighted by Gasteiger charge is 2.18. The first-order valence-corrected chi connectivity index (χ1v) is 5.66. The molecular formula is C12H15N3O2. The molecule has 1 saturated heterocycles. The van der Waals surface area contributed by atoms with Gasteiger partial charge in [-0.3, -0.25) is 4.79 Å². The average Bonchev–Trinajstić information content (AvgIpc) is 2.82. The third-order valence-electron chi connectivity index (χ3n) is 2.93. The highest BCUT2D eigenvalue weighted by molar-refractivity contribution is 5.59. The van der Waals surface area contributed by atoms with Crippen LogP contribution in [0.4, 0.5) is 5.69 Å². The van der Waals surface area contributed by atoms with Crippen LogP contribution in [0.1, 0.15) is 24.1 Å². The lowest BCUT2D eigenvalue weighted by Gasteiger charge is -2.19. The minimum Gasteiger partial charge on any atom is -0.378 e. The van der Waals surface area contributed by atoms with Crippen LogP contribution < -0.4 is 10.5 Å². The van der Waals surface area contributed by atoms with Crippen molar-refractivity contribution in [2.24, 2.45) is 0 Å². The molecule has 0 spiro atoms. The normalized spacial score (nSPS) is 14.9. The number of methoxy groups -OCH3 is 1. The zero-order chi connectivity index (χ0) is 12.3. The van der Waals surface area contributed by atoms with Crippen molar-refractivity contribution in [1.29, 1.82) is 5.26 Å². The zero-order valence-electron chi connectivity index (χ0n) is 9.82. The van der Waals surface area contributed by atoms with Crippen molar-refractivity contribution in [2.75, 3.05) is 25.1 Å². The van der Waals surface area contributed by atoms with Gasteiger partial charge in [-0.15, -0.1) is 0 Å². The van der Waals surface area contributed by atoms with Crippen molar-refractivity contribution in [3.63, 3.8) is 0 Å². The van der Waals surface area contributed by atoms with Gasteiger partial charge in [0.1, 0.15) is 11.6 Å². The summed E-state index contributed by atoms with van der Waals surface area (Å²) in [6.07, 6.45) is 2.22. The Morgan fingerprint density at radius 3 is 2.82 bits per heavy atom. The molecule has 5 heteroatoms. The second-order valence-electron chi connectivity index (χ2n) is 4.12. The van der Waals surface area contributed by atoms with Crippen molar-refractivity contribution in [3.05, 3.63) is 27.7 Å². The Balaban J connectivity index is 2.46. The number of hydrogen-bond donors (Lipinski definition) is 1. The van der Waals surface area contributed by atoms with Crippen LogP contribution in [0.15, 0.2) is 10.9 Å². The summed E-state index contributed by atoms with van der Waals surface area (Å²) < 4.78 is 5.00. The van der Waals surface area contributed by atoms with Gasteiger partial charge in [0.15, 0.2) is 0 Å². The topological polar surface area (TPSA) is 69.1 Å². The molecule has 0 aliphatic carbocycles. The van der Waals surface area contributed by atoms with E-state index in [-0.39, 0.29) is 11.1 Å². The highest BCUT2D eigenvalue weighted by Crippen LogP contribution is 2.22. The molecule has 0 aromatic carbocycles. The van der Waals surface area contributed by atoms with Crippen LogP contribution in [-0.2, 0) is 11.3 Å². The standard InChI is InChI=1S/C12H15N3O2/c1-17-8-9-6-11(15-4-2-3-5-15)10(7-13)12(16)14-9/h6H,2-5,8H2,1H3,(H,14,16). The monoisotopic (exact) mass is 233 g/mol. The fraction of sp³-hybridized carbons (Fsp3) is 0.500. The molecule has 5 nitrogen and oxygen atoms in total. The predicted octanol–water partition coefficient (Wildman–Crippen LogP) is 0.993. The van der Waals surface area contributed by atoms with Crippen LogP contribution in [0.2, 0.25) is 0 Å². The number of anilines is 1. The van der Waals surface area contributed by atoms with E-state index < -0.39 is 0 Å². The minimum atomic E-state index is -0.330. The molecule has 0 radical (unpaired) electrons. The van der Waals surface area contributed by atoms with E-state index in [1.54, 1.807) is 7.11 Å². The van der Waals surface area contributed by atoms with Crippen LogP contribution in [0.5, 0.6) is 0 Å². The van der Waals surface area contributed by atoms with Gasteiger partial charge in [-0.05, 0) is 18.9 Å². The number of nitrogens with zero attached hydrogens (tertiary/aromatic N) is 2. The minimum absolute atomic E-state index is 0.201. The molecule has 0 bridgehead atoms. The third kappa shape index (κ3) is 2.32. The smallest absolute Gasteiger partial charge is 0.268 e. The van der Waals surface area contributed by atoms with Crippen LogP contribution in [0.3, 0.4) is 0 Å². The maximum atomic E-state index is 11.8. The molecule has 0 saturated carbocycles. The summed E-state index contributed by atoms with van der Waals surface area (Å²) in [5.41, 5.74) is 1.31. The summed E-state index contributed by atoms with van der Waals surface area (Å²) in [6.45, 7) is 2.16. The number of H-pyrrole nitrogens is 1. The maximum Gasteiger partial charge on any atom is 0.268 e. The summed E-state index contributed by atoms with van der Waals surface area (Å²) in [5, 5.41) is 9.05. The Labute approximate surface area is 99.6 Å². The number of nitriles is 1. The van der Waals surface area contributed by atoms with Crippen LogP contribution in [0, 0.1) is 11.3 Å². The van der Waals surface area contributed by atoms with E-state index in [4.69, 9.17) is 10.00 Å². The van der Waals surface area contributed by atoms with Gasteiger partial charge in [-0.25, -0.2) is 0 Å². The molecule has 0 unspecified atom stereocenters. The highest BCUT2D eigenvalue weighted by atomic mass is 16.5. The van der Waals surface area contributed by atoms with Crippen molar-refractivity contribution < 1.29 is 4.74 Å². The fourth-order valence-electron chi connectivity index (χ4n) is 2.15. The van der Waals surface area contributed by atoms with Crippen LogP contribution in [-0.4, -0.2) is 25.2 Å². The Kier molecular flexibility index (Phi) is 3.45. The van der Waals surface area contributed by atoms with Crippen molar-refractivity contribution >= 4 is 5.69 Å². The Morgan fingerprint density at radius 2 is 2.24 bits per heavy atom. The largest absolute Gasteiger partial charge is 0.378 e. The van der Waals surface area contributed by atoms with Gasteiger partial charge in [-0.1, -0.05) is 0 Å². The number of rotatable bonds is 3. The predicted molar refractivity (Wildman–Crippen MR) is 63.9 cm³/mol. The fourth-order valence-corrected chi connectivity index (χ4v) is 2.15. The summed E-state index contributed by atoms with van der Waals surface area (Å²) in [4.78, 5) is 16.5. The summed E-state index contributed by atoms with van der Waals surface area (Å²) >= 11 is 0. The lowest BCUT2D eigenvalue weighted by Crippen LogP contribution is -2.24. The number of hydrogen-bond acceptors (Lipinski definition) is 4. The molecule has 2 heterocycles. The molecule has 17 heavy (non-hydrogen) atoms. The molecule has 2 rings (SSSR count). The number of pyridine rings is 1. The molecule has 90 valence electrons. The quantitative estimate of drug-likeness (QED) is 0.845. The lowest BCUT2D eigenvalue weighted by atomic mass is 10.2. The first kappa shape index (κ1) is 11.7. The SMILES string of the molecule is COCc1cc(N2CCCC2)c(C#N)c(=O)[nH]1. The van der Waals surface area contributed by atoms with Gasteiger partial charge in [0.25, 0.3) is 5.56 Å². The second-order valence-corrected chi connectivity index (χ2v) is 4.12. The first-order valence-electron chi connectivity index (χ1n) is 5.66. The molecule has 1 aliphatic heterocycles. The van der Waals surface area contributed by atoms with E-state index in [9.17, 15) is 4.79 Å². The van der Waals surface area contributed by atoms with Crippen molar-refractivity contribution in [3.8, 4) is 6.07 Å². The van der Waals surface area contributed by atoms with E-state index in [0.29, 0.717) is 12.3 Å². The van der Waals surface area contributed by atoms with Gasteiger partial charge in [0.2, 0.25) is 0 Å².